The summed E-state index contributed by atoms with van der Waals surface area (Å²) in [6, 6.07) is 5.57. The van der Waals surface area contributed by atoms with E-state index in [4.69, 9.17) is 0 Å². The number of methoxy groups -OCH3 is 1. The number of rotatable bonds is 5. The van der Waals surface area contributed by atoms with E-state index in [2.05, 4.69) is 15.0 Å². The minimum absolute atomic E-state index is 0.0102. The van der Waals surface area contributed by atoms with Crippen molar-refractivity contribution in [2.24, 2.45) is 0 Å². The highest BCUT2D eigenvalue weighted by Gasteiger charge is 2.20. The third kappa shape index (κ3) is 4.09. The second kappa shape index (κ2) is 6.94. The predicted molar refractivity (Wildman–Crippen MR) is 75.4 cm³/mol. The summed E-state index contributed by atoms with van der Waals surface area (Å²) in [6.45, 7) is 0. The zero-order valence-corrected chi connectivity index (χ0v) is 12.0. The van der Waals surface area contributed by atoms with Crippen molar-refractivity contribution in [3.8, 4) is 0 Å². The van der Waals surface area contributed by atoms with Gasteiger partial charge in [-0.2, -0.15) is 4.39 Å². The Morgan fingerprint density at radius 3 is 2.90 bits per heavy atom. The molecule has 110 valence electrons. The van der Waals surface area contributed by atoms with Gasteiger partial charge in [-0.3, -0.25) is 9.59 Å². The molecule has 0 aliphatic rings. The molecule has 0 aliphatic carbocycles. The molecule has 21 heavy (non-hydrogen) atoms. The summed E-state index contributed by atoms with van der Waals surface area (Å²) in [6.07, 6.45) is 1.22. The fourth-order valence-corrected chi connectivity index (χ4v) is 2.53. The second-order valence-electron chi connectivity index (χ2n) is 4.19. The number of aromatic nitrogens is 1. The van der Waals surface area contributed by atoms with Crippen molar-refractivity contribution >= 4 is 23.2 Å². The SMILES string of the molecule is COC(=O)CC(NC(=O)c1ccnc(F)c1)c1cccs1. The van der Waals surface area contributed by atoms with Crippen molar-refractivity contribution in [3.63, 3.8) is 0 Å². The lowest BCUT2D eigenvalue weighted by Crippen LogP contribution is -2.30. The first-order chi connectivity index (χ1) is 10.1. The lowest BCUT2D eigenvalue weighted by atomic mass is 10.1. The van der Waals surface area contributed by atoms with Gasteiger partial charge in [0.1, 0.15) is 0 Å². The van der Waals surface area contributed by atoms with Crippen LogP contribution in [0.1, 0.15) is 27.7 Å². The van der Waals surface area contributed by atoms with Gasteiger partial charge < -0.3 is 10.1 Å². The Morgan fingerprint density at radius 1 is 1.48 bits per heavy atom. The number of pyridine rings is 1. The Kier molecular flexibility index (Phi) is 4.99. The highest BCUT2D eigenvalue weighted by atomic mass is 32.1. The van der Waals surface area contributed by atoms with E-state index in [-0.39, 0.29) is 12.0 Å². The summed E-state index contributed by atoms with van der Waals surface area (Å²) in [5, 5.41) is 4.55. The Bertz CT molecular complexity index is 631. The molecule has 5 nitrogen and oxygen atoms in total. The summed E-state index contributed by atoms with van der Waals surface area (Å²) >= 11 is 1.41. The molecule has 2 aromatic rings. The molecule has 2 heterocycles. The molecule has 0 spiro atoms. The number of esters is 1. The quantitative estimate of drug-likeness (QED) is 0.680. The van der Waals surface area contributed by atoms with Crippen molar-refractivity contribution in [1.29, 1.82) is 0 Å². The van der Waals surface area contributed by atoms with E-state index < -0.39 is 23.9 Å². The largest absolute Gasteiger partial charge is 0.469 e. The van der Waals surface area contributed by atoms with Crippen LogP contribution in [-0.4, -0.2) is 24.0 Å². The molecule has 0 saturated heterocycles. The van der Waals surface area contributed by atoms with Crippen molar-refractivity contribution in [2.45, 2.75) is 12.5 Å². The number of thiophene rings is 1. The second-order valence-corrected chi connectivity index (χ2v) is 5.17. The average Bonchev–Trinajstić information content (AvgIpc) is 3.00. The van der Waals surface area contributed by atoms with E-state index in [0.29, 0.717) is 0 Å². The van der Waals surface area contributed by atoms with Crippen LogP contribution in [0.5, 0.6) is 0 Å². The van der Waals surface area contributed by atoms with E-state index >= 15 is 0 Å². The number of carbonyl (C=O) groups excluding carboxylic acids is 2. The van der Waals surface area contributed by atoms with E-state index in [1.165, 1.54) is 30.7 Å². The maximum absolute atomic E-state index is 13.0. The van der Waals surface area contributed by atoms with Crippen LogP contribution in [-0.2, 0) is 9.53 Å². The van der Waals surface area contributed by atoms with Gasteiger partial charge in [0.05, 0.1) is 19.6 Å². The van der Waals surface area contributed by atoms with Crippen LogP contribution >= 0.6 is 11.3 Å². The predicted octanol–water partition coefficient (Wildman–Crippen LogP) is 2.32. The highest BCUT2D eigenvalue weighted by molar-refractivity contribution is 7.10. The molecule has 2 aromatic heterocycles. The minimum atomic E-state index is -0.733. The van der Waals surface area contributed by atoms with Gasteiger partial charge in [0, 0.05) is 22.7 Å². The number of nitrogens with zero attached hydrogens (tertiary/aromatic N) is 1. The van der Waals surface area contributed by atoms with Crippen molar-refractivity contribution in [2.75, 3.05) is 7.11 Å². The summed E-state index contributed by atoms with van der Waals surface area (Å²) in [5.74, 6) is -1.64. The zero-order chi connectivity index (χ0) is 15.2. The number of hydrogen-bond acceptors (Lipinski definition) is 5. The third-order valence-electron chi connectivity index (χ3n) is 2.78. The van der Waals surface area contributed by atoms with Gasteiger partial charge in [-0.05, 0) is 17.5 Å². The van der Waals surface area contributed by atoms with Gasteiger partial charge in [0.15, 0.2) is 0 Å². The van der Waals surface area contributed by atoms with Crippen LogP contribution in [0.4, 0.5) is 4.39 Å². The molecule has 2 rings (SSSR count). The molecule has 0 radical (unpaired) electrons. The molecule has 1 unspecified atom stereocenters. The van der Waals surface area contributed by atoms with E-state index in [9.17, 15) is 14.0 Å². The molecule has 1 N–H and O–H groups in total. The zero-order valence-electron chi connectivity index (χ0n) is 11.2. The highest BCUT2D eigenvalue weighted by Crippen LogP contribution is 2.23. The van der Waals surface area contributed by atoms with Gasteiger partial charge in [0.2, 0.25) is 5.95 Å². The smallest absolute Gasteiger partial charge is 0.307 e. The van der Waals surface area contributed by atoms with Crippen molar-refractivity contribution < 1.29 is 18.7 Å². The Balaban J connectivity index is 2.15. The molecule has 1 atom stereocenters. The molecular weight excluding hydrogens is 295 g/mol. The average molecular weight is 308 g/mol. The number of amides is 1. The lowest BCUT2D eigenvalue weighted by molar-refractivity contribution is -0.141. The monoisotopic (exact) mass is 308 g/mol. The van der Waals surface area contributed by atoms with Gasteiger partial charge in [0.25, 0.3) is 5.91 Å². The standard InChI is InChI=1S/C14H13FN2O3S/c1-20-13(18)8-10(11-3-2-6-21-11)17-14(19)9-4-5-16-12(15)7-9/h2-7,10H,8H2,1H3,(H,17,19). The number of halogens is 1. The summed E-state index contributed by atoms with van der Waals surface area (Å²) in [7, 11) is 1.29. The molecule has 7 heteroatoms. The van der Waals surface area contributed by atoms with Crippen LogP contribution < -0.4 is 5.32 Å². The summed E-state index contributed by atoms with van der Waals surface area (Å²) in [4.78, 5) is 27.8. The topological polar surface area (TPSA) is 68.3 Å². The number of nitrogens with one attached hydrogen (secondary N) is 1. The molecule has 0 aliphatic heterocycles. The Labute approximate surface area is 124 Å². The first kappa shape index (κ1) is 15.1. The van der Waals surface area contributed by atoms with Gasteiger partial charge in [-0.1, -0.05) is 6.07 Å². The van der Waals surface area contributed by atoms with Crippen molar-refractivity contribution in [3.05, 3.63) is 52.2 Å². The summed E-state index contributed by atoms with van der Waals surface area (Å²) in [5.41, 5.74) is 0.147. The first-order valence-corrected chi connectivity index (χ1v) is 7.00. The Hall–Kier alpha value is -2.28. The third-order valence-corrected chi connectivity index (χ3v) is 3.77. The van der Waals surface area contributed by atoms with Crippen LogP contribution in [0.3, 0.4) is 0 Å². The van der Waals surface area contributed by atoms with Gasteiger partial charge in [-0.15, -0.1) is 11.3 Å². The Morgan fingerprint density at radius 2 is 2.29 bits per heavy atom. The van der Waals surface area contributed by atoms with E-state index in [0.717, 1.165) is 10.9 Å². The molecule has 1 amide bonds. The maximum atomic E-state index is 13.0. The van der Waals surface area contributed by atoms with Gasteiger partial charge in [-0.25, -0.2) is 4.98 Å². The van der Waals surface area contributed by atoms with Crippen LogP contribution in [0, 0.1) is 5.95 Å². The molecule has 0 fully saturated rings. The molecule has 0 saturated carbocycles. The fourth-order valence-electron chi connectivity index (χ4n) is 1.75. The lowest BCUT2D eigenvalue weighted by Gasteiger charge is -2.16. The van der Waals surface area contributed by atoms with Crippen LogP contribution in [0.2, 0.25) is 0 Å². The number of carbonyl (C=O) groups is 2. The molecule has 0 aromatic carbocycles. The van der Waals surface area contributed by atoms with Crippen LogP contribution in [0.15, 0.2) is 35.8 Å². The maximum Gasteiger partial charge on any atom is 0.307 e. The fraction of sp³-hybridized carbons (Fsp3) is 0.214. The molecule has 0 bridgehead atoms. The van der Waals surface area contributed by atoms with Crippen molar-refractivity contribution in [1.82, 2.24) is 10.3 Å². The van der Waals surface area contributed by atoms with E-state index in [1.54, 1.807) is 0 Å². The number of ether oxygens (including phenoxy) is 1. The molecular formula is C14H13FN2O3S. The van der Waals surface area contributed by atoms with Crippen LogP contribution in [0.25, 0.3) is 0 Å². The normalized spacial score (nSPS) is 11.7. The summed E-state index contributed by atoms with van der Waals surface area (Å²) < 4.78 is 17.7. The minimum Gasteiger partial charge on any atom is -0.469 e. The van der Waals surface area contributed by atoms with Gasteiger partial charge >= 0.3 is 5.97 Å². The van der Waals surface area contributed by atoms with E-state index in [1.807, 2.05) is 17.5 Å². The first-order valence-electron chi connectivity index (χ1n) is 6.13. The number of hydrogen-bond donors (Lipinski definition) is 1.